The lowest BCUT2D eigenvalue weighted by Crippen LogP contribution is -2.49. The number of amides is 4. The molecule has 2 saturated heterocycles. The minimum atomic E-state index is -0.837. The summed E-state index contributed by atoms with van der Waals surface area (Å²) < 4.78 is 5.78. The number of imide groups is 1. The number of anilines is 2. The van der Waals surface area contributed by atoms with Crippen molar-refractivity contribution in [1.82, 2.24) is 4.90 Å². The zero-order valence-electron chi connectivity index (χ0n) is 20.0. The molecule has 0 radical (unpaired) electrons. The van der Waals surface area contributed by atoms with Crippen LogP contribution in [-0.2, 0) is 23.9 Å². The van der Waals surface area contributed by atoms with Crippen LogP contribution in [0.4, 0.5) is 11.4 Å². The Morgan fingerprint density at radius 1 is 1.12 bits per heavy atom. The van der Waals surface area contributed by atoms with Crippen molar-refractivity contribution in [2.75, 3.05) is 23.4 Å². The van der Waals surface area contributed by atoms with Crippen molar-refractivity contribution >= 4 is 35.0 Å². The number of ether oxygens (including phenoxy) is 1. The Bertz CT molecular complexity index is 964. The first-order valence-corrected chi connectivity index (χ1v) is 11.6. The summed E-state index contributed by atoms with van der Waals surface area (Å²) in [6.07, 6.45) is 1.60. The van der Waals surface area contributed by atoms with Gasteiger partial charge in [0.2, 0.25) is 17.7 Å². The predicted octanol–water partition coefficient (Wildman–Crippen LogP) is 2.97. The lowest BCUT2D eigenvalue weighted by atomic mass is 10.0. The molecule has 2 atom stereocenters. The number of carbonyl (C=O) groups is 4. The molecule has 0 bridgehead atoms. The first-order valence-electron chi connectivity index (χ1n) is 11.6. The van der Waals surface area contributed by atoms with Gasteiger partial charge in [0.1, 0.15) is 6.04 Å². The van der Waals surface area contributed by atoms with Gasteiger partial charge in [-0.15, -0.1) is 0 Å². The van der Waals surface area contributed by atoms with E-state index in [4.69, 9.17) is 4.74 Å². The number of hydrogen-bond donors (Lipinski definition) is 1. The number of carbonyl (C=O) groups excluding carboxylic acids is 4. The topological polar surface area (TPSA) is 96.0 Å². The maximum absolute atomic E-state index is 13.7. The van der Waals surface area contributed by atoms with Gasteiger partial charge in [-0.25, -0.2) is 4.90 Å². The highest BCUT2D eigenvalue weighted by Crippen LogP contribution is 2.69. The molecule has 4 amide bonds. The van der Waals surface area contributed by atoms with Crippen LogP contribution >= 0.6 is 0 Å². The maximum Gasteiger partial charge on any atom is 0.257 e. The molecule has 178 valence electrons. The van der Waals surface area contributed by atoms with Gasteiger partial charge >= 0.3 is 0 Å². The van der Waals surface area contributed by atoms with E-state index in [1.54, 1.807) is 29.2 Å². The number of benzene rings is 1. The average Bonchev–Trinajstić information content (AvgIpc) is 3.14. The molecule has 2 aliphatic heterocycles. The summed E-state index contributed by atoms with van der Waals surface area (Å²) in [4.78, 5) is 54.1. The van der Waals surface area contributed by atoms with Crippen molar-refractivity contribution in [2.45, 2.75) is 66.0 Å². The van der Waals surface area contributed by atoms with Gasteiger partial charge in [-0.2, -0.15) is 0 Å². The second-order valence-corrected chi connectivity index (χ2v) is 10.5. The molecular weight excluding hydrogens is 422 g/mol. The third kappa shape index (κ3) is 4.05. The highest BCUT2D eigenvalue weighted by molar-refractivity contribution is 6.23. The lowest BCUT2D eigenvalue weighted by Gasteiger charge is -2.30. The standard InChI is InChI=1S/C25H33N3O5/c1-15(29)26-16-8-10-17(11-9-16)28-20(30)13-19(22(28)31)27(14-18-7-6-12-33-18)23(32)21-24(2,3)25(21,4)5/h8-11,18-19,21H,6-7,12-14H2,1-5H3,(H,26,29). The molecule has 8 heteroatoms. The first-order chi connectivity index (χ1) is 15.4. The van der Waals surface area contributed by atoms with E-state index < -0.39 is 11.9 Å². The molecule has 3 fully saturated rings. The van der Waals surface area contributed by atoms with Crippen molar-refractivity contribution in [3.63, 3.8) is 0 Å². The van der Waals surface area contributed by atoms with Gasteiger partial charge in [0.25, 0.3) is 5.91 Å². The smallest absolute Gasteiger partial charge is 0.257 e. The number of nitrogens with zero attached hydrogens (tertiary/aromatic N) is 2. The highest BCUT2D eigenvalue weighted by atomic mass is 16.5. The van der Waals surface area contributed by atoms with Crippen LogP contribution in [0.5, 0.6) is 0 Å². The third-order valence-corrected chi connectivity index (χ3v) is 7.92. The summed E-state index contributed by atoms with van der Waals surface area (Å²) >= 11 is 0. The maximum atomic E-state index is 13.7. The molecule has 0 aromatic heterocycles. The van der Waals surface area contributed by atoms with Gasteiger partial charge in [-0.1, -0.05) is 27.7 Å². The van der Waals surface area contributed by atoms with Crippen LogP contribution in [-0.4, -0.2) is 53.8 Å². The zero-order valence-corrected chi connectivity index (χ0v) is 20.0. The van der Waals surface area contributed by atoms with Gasteiger partial charge in [0, 0.05) is 31.7 Å². The molecular formula is C25H33N3O5. The van der Waals surface area contributed by atoms with Gasteiger partial charge in [0.05, 0.1) is 18.2 Å². The third-order valence-electron chi connectivity index (χ3n) is 7.92. The Kier molecular flexibility index (Phi) is 5.85. The van der Waals surface area contributed by atoms with E-state index in [0.29, 0.717) is 24.5 Å². The highest BCUT2D eigenvalue weighted by Gasteiger charge is 2.69. The fourth-order valence-electron chi connectivity index (χ4n) is 5.39. The molecule has 0 spiro atoms. The molecule has 3 aliphatic rings. The van der Waals surface area contributed by atoms with Crippen LogP contribution < -0.4 is 10.2 Å². The molecule has 1 saturated carbocycles. The van der Waals surface area contributed by atoms with Gasteiger partial charge in [0.15, 0.2) is 0 Å². The number of nitrogens with one attached hydrogen (secondary N) is 1. The van der Waals surface area contributed by atoms with E-state index in [9.17, 15) is 19.2 Å². The minimum Gasteiger partial charge on any atom is -0.376 e. The molecule has 1 aromatic carbocycles. The van der Waals surface area contributed by atoms with Crippen LogP contribution in [0.2, 0.25) is 0 Å². The van der Waals surface area contributed by atoms with E-state index in [1.165, 1.54) is 6.92 Å². The van der Waals surface area contributed by atoms with E-state index in [0.717, 1.165) is 17.7 Å². The van der Waals surface area contributed by atoms with Crippen LogP contribution in [0.3, 0.4) is 0 Å². The SMILES string of the molecule is CC(=O)Nc1ccc(N2C(=O)CC(N(CC3CCCO3)C(=O)C3C(C)(C)C3(C)C)C2=O)cc1. The minimum absolute atomic E-state index is 0.0433. The van der Waals surface area contributed by atoms with Gasteiger partial charge in [-0.3, -0.25) is 19.2 Å². The average molecular weight is 456 g/mol. The molecule has 1 aliphatic carbocycles. The molecule has 2 heterocycles. The van der Waals surface area contributed by atoms with Gasteiger partial charge in [-0.05, 0) is 47.9 Å². The summed E-state index contributed by atoms with van der Waals surface area (Å²) in [6.45, 7) is 10.7. The molecule has 33 heavy (non-hydrogen) atoms. The van der Waals surface area contributed by atoms with Crippen molar-refractivity contribution in [1.29, 1.82) is 0 Å². The molecule has 8 nitrogen and oxygen atoms in total. The zero-order chi connectivity index (χ0) is 24.1. The lowest BCUT2D eigenvalue weighted by molar-refractivity contribution is -0.142. The second kappa shape index (κ2) is 8.24. The number of hydrogen-bond acceptors (Lipinski definition) is 5. The summed E-state index contributed by atoms with van der Waals surface area (Å²) in [5.74, 6) is -1.22. The Balaban J connectivity index is 1.58. The van der Waals surface area contributed by atoms with E-state index in [1.807, 2.05) is 0 Å². The molecule has 4 rings (SSSR count). The summed E-state index contributed by atoms with van der Waals surface area (Å²) in [5, 5.41) is 2.67. The normalized spacial score (nSPS) is 25.9. The Morgan fingerprint density at radius 3 is 2.27 bits per heavy atom. The van der Waals surface area contributed by atoms with Crippen LogP contribution in [0.25, 0.3) is 0 Å². The van der Waals surface area contributed by atoms with Crippen molar-refractivity contribution in [3.8, 4) is 0 Å². The fourth-order valence-corrected chi connectivity index (χ4v) is 5.39. The quantitative estimate of drug-likeness (QED) is 0.666. The van der Waals surface area contributed by atoms with E-state index in [2.05, 4.69) is 33.0 Å². The van der Waals surface area contributed by atoms with Gasteiger partial charge < -0.3 is 15.0 Å². The monoisotopic (exact) mass is 455 g/mol. The summed E-state index contributed by atoms with van der Waals surface area (Å²) in [6, 6.07) is 5.71. The summed E-state index contributed by atoms with van der Waals surface area (Å²) in [5.41, 5.74) is 0.654. The molecule has 1 N–H and O–H groups in total. The first kappa shape index (κ1) is 23.4. The Labute approximate surface area is 194 Å². The van der Waals surface area contributed by atoms with Crippen LogP contribution in [0.1, 0.15) is 53.9 Å². The largest absolute Gasteiger partial charge is 0.376 e. The van der Waals surface area contributed by atoms with Crippen molar-refractivity contribution in [3.05, 3.63) is 24.3 Å². The second-order valence-electron chi connectivity index (χ2n) is 10.5. The van der Waals surface area contributed by atoms with Crippen molar-refractivity contribution < 1.29 is 23.9 Å². The van der Waals surface area contributed by atoms with Crippen molar-refractivity contribution in [2.24, 2.45) is 16.7 Å². The molecule has 2 unspecified atom stereocenters. The van der Waals surface area contributed by atoms with Crippen LogP contribution in [0, 0.1) is 16.7 Å². The van der Waals surface area contributed by atoms with E-state index >= 15 is 0 Å². The molecule has 1 aromatic rings. The Morgan fingerprint density at radius 2 is 1.76 bits per heavy atom. The predicted molar refractivity (Wildman–Crippen MR) is 123 cm³/mol. The summed E-state index contributed by atoms with van der Waals surface area (Å²) in [7, 11) is 0. The number of rotatable bonds is 6. The fraction of sp³-hybridized carbons (Fsp3) is 0.600. The Hall–Kier alpha value is -2.74. The van der Waals surface area contributed by atoms with Crippen LogP contribution in [0.15, 0.2) is 24.3 Å². The van der Waals surface area contributed by atoms with E-state index in [-0.39, 0.29) is 47.0 Å².